The van der Waals surface area contributed by atoms with Gasteiger partial charge in [-0.3, -0.25) is 4.79 Å². The van der Waals surface area contributed by atoms with Gasteiger partial charge in [0.05, 0.1) is 5.56 Å². The van der Waals surface area contributed by atoms with E-state index in [9.17, 15) is 9.59 Å². The first kappa shape index (κ1) is 16.4. The molecule has 2 N–H and O–H groups in total. The van der Waals surface area contributed by atoms with Crippen molar-refractivity contribution in [2.24, 2.45) is 5.92 Å². The van der Waals surface area contributed by atoms with Crippen LogP contribution >= 0.6 is 11.3 Å². The van der Waals surface area contributed by atoms with Gasteiger partial charge in [0, 0.05) is 22.4 Å². The SMILES string of the molecule is CC(C)CCC(C)NC(=O)c1csc(C=CC(=O)O)c1. The summed E-state index contributed by atoms with van der Waals surface area (Å²) in [6.07, 6.45) is 4.60. The zero-order valence-corrected chi connectivity index (χ0v) is 12.9. The van der Waals surface area contributed by atoms with Crippen molar-refractivity contribution >= 4 is 29.3 Å². The molecule has 1 rings (SSSR count). The van der Waals surface area contributed by atoms with Crippen LogP contribution in [-0.2, 0) is 4.79 Å². The number of carboxylic acid groups (broad SMARTS) is 1. The molecule has 0 fully saturated rings. The third-order valence-corrected chi connectivity index (χ3v) is 3.72. The van der Waals surface area contributed by atoms with Gasteiger partial charge in [-0.2, -0.15) is 0 Å². The summed E-state index contributed by atoms with van der Waals surface area (Å²) in [5, 5.41) is 13.3. The van der Waals surface area contributed by atoms with Crippen LogP contribution in [0.15, 0.2) is 17.5 Å². The van der Waals surface area contributed by atoms with Crippen LogP contribution in [-0.4, -0.2) is 23.0 Å². The van der Waals surface area contributed by atoms with Gasteiger partial charge in [-0.05, 0) is 37.8 Å². The molecule has 0 aliphatic rings. The normalized spacial score (nSPS) is 12.8. The van der Waals surface area contributed by atoms with Gasteiger partial charge in [0.15, 0.2) is 0 Å². The first-order valence-electron chi connectivity index (χ1n) is 6.69. The highest BCUT2D eigenvalue weighted by atomic mass is 32.1. The minimum Gasteiger partial charge on any atom is -0.478 e. The van der Waals surface area contributed by atoms with Gasteiger partial charge in [0.2, 0.25) is 0 Å². The van der Waals surface area contributed by atoms with Crippen LogP contribution < -0.4 is 5.32 Å². The Morgan fingerprint density at radius 1 is 1.35 bits per heavy atom. The molecule has 0 spiro atoms. The second kappa shape index (κ2) is 7.85. The molecule has 0 saturated heterocycles. The van der Waals surface area contributed by atoms with Crippen molar-refractivity contribution in [3.8, 4) is 0 Å². The third kappa shape index (κ3) is 6.02. The predicted molar refractivity (Wildman–Crippen MR) is 82.0 cm³/mol. The fourth-order valence-electron chi connectivity index (χ4n) is 1.68. The molecule has 110 valence electrons. The summed E-state index contributed by atoms with van der Waals surface area (Å²) in [6, 6.07) is 1.84. The standard InChI is InChI=1S/C15H21NO3S/c1-10(2)4-5-11(3)16-15(19)12-8-13(20-9-12)6-7-14(17)18/h6-11H,4-5H2,1-3H3,(H,16,19)(H,17,18). The Bertz CT molecular complexity index is 491. The Morgan fingerprint density at radius 3 is 2.65 bits per heavy atom. The van der Waals surface area contributed by atoms with Gasteiger partial charge in [-0.15, -0.1) is 11.3 Å². The second-order valence-electron chi connectivity index (χ2n) is 5.26. The molecular weight excluding hydrogens is 274 g/mol. The molecule has 0 saturated carbocycles. The lowest BCUT2D eigenvalue weighted by molar-refractivity contribution is -0.131. The number of hydrogen-bond acceptors (Lipinski definition) is 3. The number of carbonyl (C=O) groups is 2. The number of nitrogens with one attached hydrogen (secondary N) is 1. The molecular formula is C15H21NO3S. The van der Waals surface area contributed by atoms with Crippen molar-refractivity contribution in [2.75, 3.05) is 0 Å². The fraction of sp³-hybridized carbons (Fsp3) is 0.467. The van der Waals surface area contributed by atoms with Gasteiger partial charge in [0.1, 0.15) is 0 Å². The maximum Gasteiger partial charge on any atom is 0.328 e. The van der Waals surface area contributed by atoms with E-state index in [2.05, 4.69) is 19.2 Å². The third-order valence-electron chi connectivity index (χ3n) is 2.83. The highest BCUT2D eigenvalue weighted by molar-refractivity contribution is 7.11. The highest BCUT2D eigenvalue weighted by Crippen LogP contribution is 2.17. The zero-order chi connectivity index (χ0) is 15.1. The van der Waals surface area contributed by atoms with Crippen LogP contribution in [0.5, 0.6) is 0 Å². The number of amides is 1. The van der Waals surface area contributed by atoms with Crippen molar-refractivity contribution in [3.05, 3.63) is 28.0 Å². The first-order valence-corrected chi connectivity index (χ1v) is 7.57. The fourth-order valence-corrected chi connectivity index (χ4v) is 2.46. The molecule has 1 aromatic heterocycles. The van der Waals surface area contributed by atoms with Crippen LogP contribution in [0, 0.1) is 5.92 Å². The van der Waals surface area contributed by atoms with E-state index in [0.717, 1.165) is 23.8 Å². The molecule has 1 amide bonds. The lowest BCUT2D eigenvalue weighted by Gasteiger charge is -2.14. The van der Waals surface area contributed by atoms with E-state index in [1.165, 1.54) is 17.4 Å². The van der Waals surface area contributed by atoms with Crippen LogP contribution in [0.2, 0.25) is 0 Å². The lowest BCUT2D eigenvalue weighted by Crippen LogP contribution is -2.32. The number of carbonyl (C=O) groups excluding carboxylic acids is 1. The van der Waals surface area contributed by atoms with E-state index < -0.39 is 5.97 Å². The largest absolute Gasteiger partial charge is 0.478 e. The molecule has 5 heteroatoms. The van der Waals surface area contributed by atoms with Crippen LogP contribution in [0.1, 0.15) is 48.8 Å². The average Bonchev–Trinajstić information content (AvgIpc) is 2.82. The number of rotatable bonds is 7. The van der Waals surface area contributed by atoms with E-state index >= 15 is 0 Å². The Morgan fingerprint density at radius 2 is 2.05 bits per heavy atom. The topological polar surface area (TPSA) is 66.4 Å². The summed E-state index contributed by atoms with van der Waals surface area (Å²) in [5.41, 5.74) is 0.580. The lowest BCUT2D eigenvalue weighted by atomic mass is 10.0. The highest BCUT2D eigenvalue weighted by Gasteiger charge is 2.11. The van der Waals surface area contributed by atoms with Crippen molar-refractivity contribution in [2.45, 2.75) is 39.7 Å². The number of thiophene rings is 1. The van der Waals surface area contributed by atoms with E-state index in [1.54, 1.807) is 11.4 Å². The summed E-state index contributed by atoms with van der Waals surface area (Å²) in [4.78, 5) is 23.2. The summed E-state index contributed by atoms with van der Waals surface area (Å²) in [5.74, 6) is -0.470. The molecule has 1 heterocycles. The quantitative estimate of drug-likeness (QED) is 0.758. The second-order valence-corrected chi connectivity index (χ2v) is 6.20. The monoisotopic (exact) mass is 295 g/mol. The molecule has 1 atom stereocenters. The van der Waals surface area contributed by atoms with Crippen LogP contribution in [0.4, 0.5) is 0 Å². The van der Waals surface area contributed by atoms with Crippen molar-refractivity contribution in [3.63, 3.8) is 0 Å². The number of aliphatic carboxylic acids is 1. The van der Waals surface area contributed by atoms with Crippen LogP contribution in [0.3, 0.4) is 0 Å². The first-order chi connectivity index (χ1) is 9.38. The summed E-state index contributed by atoms with van der Waals surface area (Å²) >= 11 is 1.35. The van der Waals surface area contributed by atoms with Crippen molar-refractivity contribution < 1.29 is 14.7 Å². The molecule has 0 bridgehead atoms. The van der Waals surface area contributed by atoms with Gasteiger partial charge in [0.25, 0.3) is 5.91 Å². The Balaban J connectivity index is 2.53. The maximum absolute atomic E-state index is 12.0. The Kier molecular flexibility index (Phi) is 6.45. The van der Waals surface area contributed by atoms with Gasteiger partial charge in [-0.25, -0.2) is 4.79 Å². The smallest absolute Gasteiger partial charge is 0.328 e. The van der Waals surface area contributed by atoms with E-state index in [0.29, 0.717) is 11.5 Å². The van der Waals surface area contributed by atoms with E-state index in [4.69, 9.17) is 5.11 Å². The number of hydrogen-bond donors (Lipinski definition) is 2. The van der Waals surface area contributed by atoms with E-state index in [1.807, 2.05) is 6.92 Å². The molecule has 0 aliphatic carbocycles. The van der Waals surface area contributed by atoms with Gasteiger partial charge < -0.3 is 10.4 Å². The average molecular weight is 295 g/mol. The molecule has 4 nitrogen and oxygen atoms in total. The molecule has 0 aromatic carbocycles. The van der Waals surface area contributed by atoms with Crippen molar-refractivity contribution in [1.29, 1.82) is 0 Å². The predicted octanol–water partition coefficient (Wildman–Crippen LogP) is 3.40. The minimum atomic E-state index is -0.994. The number of carboxylic acids is 1. The minimum absolute atomic E-state index is 0.104. The Hall–Kier alpha value is -1.62. The summed E-state index contributed by atoms with van der Waals surface area (Å²) in [6.45, 7) is 6.32. The molecule has 1 aromatic rings. The summed E-state index contributed by atoms with van der Waals surface area (Å²) < 4.78 is 0. The summed E-state index contributed by atoms with van der Waals surface area (Å²) in [7, 11) is 0. The van der Waals surface area contributed by atoms with Crippen LogP contribution in [0.25, 0.3) is 6.08 Å². The Labute approximate surface area is 123 Å². The van der Waals surface area contributed by atoms with Crippen molar-refractivity contribution in [1.82, 2.24) is 5.32 Å². The van der Waals surface area contributed by atoms with E-state index in [-0.39, 0.29) is 11.9 Å². The maximum atomic E-state index is 12.0. The van der Waals surface area contributed by atoms with Gasteiger partial charge in [-0.1, -0.05) is 13.8 Å². The molecule has 0 aliphatic heterocycles. The zero-order valence-electron chi connectivity index (χ0n) is 12.1. The molecule has 1 unspecified atom stereocenters. The molecule has 0 radical (unpaired) electrons. The molecule has 20 heavy (non-hydrogen) atoms. The van der Waals surface area contributed by atoms with Gasteiger partial charge >= 0.3 is 5.97 Å².